The minimum absolute atomic E-state index is 0.0713. The first-order valence-electron chi connectivity index (χ1n) is 17.6. The first kappa shape index (κ1) is 37.1. The van der Waals surface area contributed by atoms with Crippen molar-refractivity contribution in [1.82, 2.24) is 10.2 Å². The Bertz CT molecular complexity index is 1640. The summed E-state index contributed by atoms with van der Waals surface area (Å²) in [6.45, 7) is 0.427. The smallest absolute Gasteiger partial charge is 0.295 e. The molecule has 1 heterocycles. The van der Waals surface area contributed by atoms with Gasteiger partial charge in [0.05, 0.1) is 34.0 Å². The average molecular weight is 693 g/mol. The second kappa shape index (κ2) is 18.7. The van der Waals surface area contributed by atoms with Gasteiger partial charge < -0.3 is 29.2 Å². The molecule has 1 saturated heterocycles. The summed E-state index contributed by atoms with van der Waals surface area (Å²) >= 11 is 0. The fourth-order valence-corrected chi connectivity index (χ4v) is 6.63. The number of carbonyl (C=O) groups excluding carboxylic acids is 3. The number of aryl methyl sites for hydroxylation is 2. The van der Waals surface area contributed by atoms with Crippen LogP contribution in [0.15, 0.2) is 103 Å². The average Bonchev–Trinajstić information content (AvgIpc) is 3.61. The fraction of sp³-hybridized carbons (Fsp3) is 0.357. The molecule has 2 atom stereocenters. The van der Waals surface area contributed by atoms with Crippen LogP contribution < -0.4 is 19.5 Å². The monoisotopic (exact) mass is 692 g/mol. The van der Waals surface area contributed by atoms with Gasteiger partial charge in [0.2, 0.25) is 11.7 Å². The van der Waals surface area contributed by atoms with Crippen LogP contribution in [-0.4, -0.2) is 68.6 Å². The van der Waals surface area contributed by atoms with Gasteiger partial charge in [-0.3, -0.25) is 14.4 Å². The Balaban J connectivity index is 1.34. The van der Waals surface area contributed by atoms with E-state index in [1.807, 2.05) is 66.7 Å². The van der Waals surface area contributed by atoms with Crippen molar-refractivity contribution in [3.05, 3.63) is 125 Å². The molecule has 9 heteroatoms. The standard InChI is InChI=1S/C42H48N2O7/c1-48-37-25-33(26-38(49-2)40(37)50-3)39(45)42(47)44-28-35(51-29-32-19-11-6-12-20-32)27-36(44)41(46)43-34(23-13-21-30-15-7-4-8-16-30)24-14-22-31-17-9-5-10-18-31/h4-12,15-20,25-26,34-36H,13-14,21-24,27-29H2,1-3H3,(H,43,46)/t35?,36-/m0/s1. The molecule has 4 aromatic carbocycles. The summed E-state index contributed by atoms with van der Waals surface area (Å²) in [6, 6.07) is 32.3. The van der Waals surface area contributed by atoms with Gasteiger partial charge in [0.15, 0.2) is 11.5 Å². The van der Waals surface area contributed by atoms with Crippen molar-refractivity contribution in [2.24, 2.45) is 0 Å². The van der Waals surface area contributed by atoms with Crippen molar-refractivity contribution >= 4 is 17.6 Å². The van der Waals surface area contributed by atoms with E-state index < -0.39 is 23.8 Å². The lowest BCUT2D eigenvalue weighted by Crippen LogP contribution is -2.50. The number of carbonyl (C=O) groups is 3. The van der Waals surface area contributed by atoms with Crippen LogP contribution in [0.4, 0.5) is 0 Å². The molecule has 1 aliphatic rings. The lowest BCUT2D eigenvalue weighted by molar-refractivity contribution is -0.135. The summed E-state index contributed by atoms with van der Waals surface area (Å²) in [5, 5.41) is 3.28. The van der Waals surface area contributed by atoms with Crippen LogP contribution in [0.2, 0.25) is 0 Å². The van der Waals surface area contributed by atoms with Gasteiger partial charge in [0, 0.05) is 24.6 Å². The molecule has 5 rings (SSSR count). The van der Waals surface area contributed by atoms with E-state index in [1.54, 1.807) is 0 Å². The van der Waals surface area contributed by atoms with Crippen molar-refractivity contribution < 1.29 is 33.3 Å². The minimum atomic E-state index is -0.880. The van der Waals surface area contributed by atoms with Gasteiger partial charge in [-0.1, -0.05) is 91.0 Å². The topological polar surface area (TPSA) is 103 Å². The summed E-state index contributed by atoms with van der Waals surface area (Å²) in [4.78, 5) is 43.3. The Morgan fingerprint density at radius 1 is 0.725 bits per heavy atom. The Labute approximate surface area is 300 Å². The van der Waals surface area contributed by atoms with Crippen LogP contribution in [0.3, 0.4) is 0 Å². The molecule has 51 heavy (non-hydrogen) atoms. The Hall–Kier alpha value is -5.15. The number of ether oxygens (including phenoxy) is 4. The van der Waals surface area contributed by atoms with E-state index in [1.165, 1.54) is 49.5 Å². The number of Topliss-reactive ketones (excluding diaryl/α,β-unsaturated/α-hetero) is 1. The van der Waals surface area contributed by atoms with E-state index in [2.05, 4.69) is 29.6 Å². The molecular weight excluding hydrogens is 644 g/mol. The van der Waals surface area contributed by atoms with E-state index in [0.29, 0.717) is 12.4 Å². The number of methoxy groups -OCH3 is 3. The number of ketones is 1. The van der Waals surface area contributed by atoms with Gasteiger partial charge in [0.1, 0.15) is 6.04 Å². The Morgan fingerprint density at radius 3 is 1.73 bits per heavy atom. The molecule has 0 spiro atoms. The Morgan fingerprint density at radius 2 is 1.24 bits per heavy atom. The maximum absolute atomic E-state index is 14.2. The van der Waals surface area contributed by atoms with Gasteiger partial charge in [-0.05, 0) is 67.3 Å². The molecule has 0 aliphatic carbocycles. The van der Waals surface area contributed by atoms with Gasteiger partial charge in [-0.2, -0.15) is 0 Å². The zero-order valence-corrected chi connectivity index (χ0v) is 29.7. The number of rotatable bonds is 18. The highest BCUT2D eigenvalue weighted by Gasteiger charge is 2.43. The van der Waals surface area contributed by atoms with Gasteiger partial charge in [-0.25, -0.2) is 0 Å². The lowest BCUT2D eigenvalue weighted by Gasteiger charge is -2.26. The highest BCUT2D eigenvalue weighted by atomic mass is 16.5. The molecule has 1 N–H and O–H groups in total. The third-order valence-electron chi connectivity index (χ3n) is 9.34. The Kier molecular flexibility index (Phi) is 13.6. The molecule has 0 aromatic heterocycles. The van der Waals surface area contributed by atoms with Crippen LogP contribution >= 0.6 is 0 Å². The van der Waals surface area contributed by atoms with Crippen molar-refractivity contribution in [2.75, 3.05) is 27.9 Å². The molecule has 9 nitrogen and oxygen atoms in total. The van der Waals surface area contributed by atoms with E-state index in [0.717, 1.165) is 44.1 Å². The maximum atomic E-state index is 14.2. The summed E-state index contributed by atoms with van der Waals surface area (Å²) in [7, 11) is 4.35. The second-order valence-corrected chi connectivity index (χ2v) is 12.8. The number of hydrogen-bond acceptors (Lipinski definition) is 7. The van der Waals surface area contributed by atoms with E-state index >= 15 is 0 Å². The molecule has 0 saturated carbocycles. The van der Waals surface area contributed by atoms with Crippen molar-refractivity contribution in [3.63, 3.8) is 0 Å². The zero-order chi connectivity index (χ0) is 36.0. The van der Waals surface area contributed by atoms with E-state index in [9.17, 15) is 14.4 Å². The number of nitrogens with zero attached hydrogens (tertiary/aromatic N) is 1. The first-order valence-corrected chi connectivity index (χ1v) is 17.6. The zero-order valence-electron chi connectivity index (χ0n) is 29.7. The van der Waals surface area contributed by atoms with Crippen molar-refractivity contribution in [1.29, 1.82) is 0 Å². The first-order chi connectivity index (χ1) is 24.9. The van der Waals surface area contributed by atoms with Gasteiger partial charge in [0.25, 0.3) is 11.7 Å². The summed E-state index contributed by atoms with van der Waals surface area (Å²) in [6.07, 6.45) is 5.01. The molecule has 4 aromatic rings. The summed E-state index contributed by atoms with van der Waals surface area (Å²) < 4.78 is 22.5. The number of hydrogen-bond donors (Lipinski definition) is 1. The SMILES string of the molecule is COc1cc(C(=O)C(=O)N2CC(OCc3ccccc3)C[C@H]2C(=O)NC(CCCc2ccccc2)CCCc2ccccc2)cc(OC)c1OC. The number of likely N-dealkylation sites (tertiary alicyclic amines) is 1. The van der Waals surface area contributed by atoms with Crippen LogP contribution in [0.25, 0.3) is 0 Å². The molecule has 2 amide bonds. The highest BCUT2D eigenvalue weighted by molar-refractivity contribution is 6.43. The summed E-state index contributed by atoms with van der Waals surface area (Å²) in [5.74, 6) is -1.04. The molecule has 1 aliphatic heterocycles. The predicted molar refractivity (Wildman–Crippen MR) is 196 cm³/mol. The number of benzene rings is 4. The van der Waals surface area contributed by atoms with Gasteiger partial charge in [-0.15, -0.1) is 0 Å². The van der Waals surface area contributed by atoms with Gasteiger partial charge >= 0.3 is 0 Å². The number of amides is 2. The molecule has 0 radical (unpaired) electrons. The fourth-order valence-electron chi connectivity index (χ4n) is 6.63. The molecule has 268 valence electrons. The van der Waals surface area contributed by atoms with E-state index in [-0.39, 0.29) is 42.0 Å². The molecule has 1 unspecified atom stereocenters. The second-order valence-electron chi connectivity index (χ2n) is 12.8. The normalized spacial score (nSPS) is 15.4. The van der Waals surface area contributed by atoms with E-state index in [4.69, 9.17) is 18.9 Å². The minimum Gasteiger partial charge on any atom is -0.493 e. The van der Waals surface area contributed by atoms with Crippen LogP contribution in [0.5, 0.6) is 17.2 Å². The van der Waals surface area contributed by atoms with Crippen LogP contribution in [-0.2, 0) is 33.8 Å². The number of nitrogens with one attached hydrogen (secondary N) is 1. The van der Waals surface area contributed by atoms with Crippen molar-refractivity contribution in [2.45, 2.75) is 69.7 Å². The maximum Gasteiger partial charge on any atom is 0.295 e. The third-order valence-corrected chi connectivity index (χ3v) is 9.34. The molecular formula is C42H48N2O7. The largest absolute Gasteiger partial charge is 0.493 e. The van der Waals surface area contributed by atoms with Crippen LogP contribution in [0, 0.1) is 0 Å². The van der Waals surface area contributed by atoms with Crippen LogP contribution in [0.1, 0.15) is 59.2 Å². The lowest BCUT2D eigenvalue weighted by atomic mass is 9.98. The summed E-state index contributed by atoms with van der Waals surface area (Å²) in [5.41, 5.74) is 3.56. The molecule has 1 fully saturated rings. The van der Waals surface area contributed by atoms with Crippen molar-refractivity contribution in [3.8, 4) is 17.2 Å². The quantitative estimate of drug-likeness (QED) is 0.0925. The third kappa shape index (κ3) is 10.2. The highest BCUT2D eigenvalue weighted by Crippen LogP contribution is 2.38. The predicted octanol–water partition coefficient (Wildman–Crippen LogP) is 6.61. The molecule has 0 bridgehead atoms.